The molecule has 0 spiro atoms. The molecule has 0 saturated carbocycles. The summed E-state index contributed by atoms with van der Waals surface area (Å²) in [5.41, 5.74) is -0.461. The fraction of sp³-hybridized carbons (Fsp3) is 0.263. The highest BCUT2D eigenvalue weighted by Gasteiger charge is 2.33. The minimum Gasteiger partial charge on any atom is -0.449 e. The molecule has 0 aliphatic rings. The first-order valence-electron chi connectivity index (χ1n) is 8.21. The molecule has 29 heavy (non-hydrogen) atoms. The van der Waals surface area contributed by atoms with E-state index in [0.717, 1.165) is 0 Å². The van der Waals surface area contributed by atoms with E-state index in [4.69, 9.17) is 67.5 Å². The van der Waals surface area contributed by atoms with Crippen LogP contribution in [0.1, 0.15) is 22.8 Å². The minimum atomic E-state index is -1.74. The largest absolute Gasteiger partial charge is 0.449 e. The number of halogens is 5. The SMILES string of the molecule is C[C@@](CNC(=O)OCC(Cl)(Cl)Cl)(OC(=O)c1ccc(Cl)cc1Cl)c1ccccc1. The lowest BCUT2D eigenvalue weighted by atomic mass is 9.95. The number of benzene rings is 2. The number of carbonyl (C=O) groups excluding carboxylic acids is 2. The fourth-order valence-corrected chi connectivity index (χ4v) is 2.99. The maximum Gasteiger partial charge on any atom is 0.407 e. The van der Waals surface area contributed by atoms with Crippen LogP contribution >= 0.6 is 58.0 Å². The van der Waals surface area contributed by atoms with E-state index >= 15 is 0 Å². The van der Waals surface area contributed by atoms with Crippen molar-refractivity contribution in [1.82, 2.24) is 5.32 Å². The molecule has 0 aliphatic carbocycles. The summed E-state index contributed by atoms with van der Waals surface area (Å²) in [5.74, 6) is -0.686. The van der Waals surface area contributed by atoms with Crippen LogP contribution < -0.4 is 5.32 Å². The highest BCUT2D eigenvalue weighted by molar-refractivity contribution is 6.67. The molecule has 2 aromatic carbocycles. The summed E-state index contributed by atoms with van der Waals surface area (Å²) < 4.78 is 8.81. The maximum absolute atomic E-state index is 12.7. The van der Waals surface area contributed by atoms with Crippen molar-refractivity contribution in [3.63, 3.8) is 0 Å². The van der Waals surface area contributed by atoms with Gasteiger partial charge in [0, 0.05) is 5.02 Å². The summed E-state index contributed by atoms with van der Waals surface area (Å²) in [7, 11) is 0. The zero-order valence-corrected chi connectivity index (χ0v) is 18.8. The number of nitrogens with one attached hydrogen (secondary N) is 1. The van der Waals surface area contributed by atoms with Gasteiger partial charge in [0.15, 0.2) is 5.60 Å². The molecule has 10 heteroatoms. The Hall–Kier alpha value is -1.37. The Morgan fingerprint density at radius 1 is 1.03 bits per heavy atom. The standard InChI is InChI=1S/C19H16Cl5NO4/c1-18(12-5-3-2-4-6-12,10-25-17(27)28-11-19(22,23)24)29-16(26)14-8-7-13(20)9-15(14)21/h2-9H,10-11H2,1H3,(H,25,27)/t18-/m0/s1. The van der Waals surface area contributed by atoms with Crippen molar-refractivity contribution in [2.45, 2.75) is 16.3 Å². The molecule has 1 atom stereocenters. The molecule has 1 N–H and O–H groups in total. The molecule has 2 rings (SSSR count). The Morgan fingerprint density at radius 3 is 2.28 bits per heavy atom. The quantitative estimate of drug-likeness (QED) is 0.382. The number of hydrogen-bond donors (Lipinski definition) is 1. The van der Waals surface area contributed by atoms with Gasteiger partial charge in [0.25, 0.3) is 0 Å². The van der Waals surface area contributed by atoms with Gasteiger partial charge in [-0.25, -0.2) is 9.59 Å². The number of carbonyl (C=O) groups is 2. The van der Waals surface area contributed by atoms with Crippen LogP contribution in [0.5, 0.6) is 0 Å². The molecule has 0 fully saturated rings. The summed E-state index contributed by atoms with van der Waals surface area (Å²) >= 11 is 28.7. The third-order valence-corrected chi connectivity index (χ3v) is 4.67. The molecule has 0 radical (unpaired) electrons. The van der Waals surface area contributed by atoms with Crippen LogP contribution in [-0.4, -0.2) is 29.0 Å². The van der Waals surface area contributed by atoms with E-state index in [1.807, 2.05) is 6.07 Å². The number of ether oxygens (including phenoxy) is 2. The molecule has 156 valence electrons. The fourth-order valence-electron chi connectivity index (χ4n) is 2.34. The van der Waals surface area contributed by atoms with Gasteiger partial charge in [-0.1, -0.05) is 88.3 Å². The van der Waals surface area contributed by atoms with Gasteiger partial charge in [0.1, 0.15) is 6.61 Å². The monoisotopic (exact) mass is 497 g/mol. The smallest absolute Gasteiger partial charge is 0.407 e. The Bertz CT molecular complexity index is 873. The van der Waals surface area contributed by atoms with Crippen molar-refractivity contribution in [3.8, 4) is 0 Å². The van der Waals surface area contributed by atoms with Crippen molar-refractivity contribution in [1.29, 1.82) is 0 Å². The lowest BCUT2D eigenvalue weighted by Gasteiger charge is -2.30. The highest BCUT2D eigenvalue weighted by atomic mass is 35.6. The van der Waals surface area contributed by atoms with E-state index in [-0.39, 0.29) is 17.1 Å². The van der Waals surface area contributed by atoms with Crippen LogP contribution in [0.4, 0.5) is 4.79 Å². The minimum absolute atomic E-state index is 0.105. The summed E-state index contributed by atoms with van der Waals surface area (Å²) in [6.07, 6.45) is -0.834. The number of rotatable bonds is 6. The second kappa shape index (κ2) is 10.1. The van der Waals surface area contributed by atoms with Crippen molar-refractivity contribution >= 4 is 70.1 Å². The summed E-state index contributed by atoms with van der Waals surface area (Å²) in [5, 5.41) is 3.04. The van der Waals surface area contributed by atoms with Gasteiger partial charge in [-0.15, -0.1) is 0 Å². The normalized spacial score (nSPS) is 13.3. The number of alkyl halides is 3. The van der Waals surface area contributed by atoms with Crippen LogP contribution in [0.15, 0.2) is 48.5 Å². The predicted molar refractivity (Wildman–Crippen MR) is 115 cm³/mol. The first-order valence-corrected chi connectivity index (χ1v) is 10.1. The van der Waals surface area contributed by atoms with Crippen LogP contribution in [0.25, 0.3) is 0 Å². The summed E-state index contributed by atoms with van der Waals surface area (Å²) in [6.45, 7) is 1.09. The Morgan fingerprint density at radius 2 is 1.69 bits per heavy atom. The lowest BCUT2D eigenvalue weighted by molar-refractivity contribution is -0.0118. The van der Waals surface area contributed by atoms with Crippen LogP contribution in [0.2, 0.25) is 10.0 Å². The number of amides is 1. The molecule has 2 aromatic rings. The van der Waals surface area contributed by atoms with Gasteiger partial charge in [-0.05, 0) is 30.7 Å². The first kappa shape index (κ1) is 23.9. The molecule has 5 nitrogen and oxygen atoms in total. The van der Waals surface area contributed by atoms with Gasteiger partial charge in [-0.3, -0.25) is 0 Å². The van der Waals surface area contributed by atoms with Crippen LogP contribution in [-0.2, 0) is 15.1 Å². The van der Waals surface area contributed by atoms with Crippen molar-refractivity contribution in [2.24, 2.45) is 0 Å². The van der Waals surface area contributed by atoms with Crippen LogP contribution in [0, 0.1) is 0 Å². The van der Waals surface area contributed by atoms with E-state index in [2.05, 4.69) is 5.32 Å². The lowest BCUT2D eigenvalue weighted by Crippen LogP contribution is -2.42. The van der Waals surface area contributed by atoms with Crippen molar-refractivity contribution < 1.29 is 19.1 Å². The topological polar surface area (TPSA) is 64.6 Å². The molecule has 0 unspecified atom stereocenters. The average molecular weight is 500 g/mol. The molecule has 0 aliphatic heterocycles. The zero-order valence-electron chi connectivity index (χ0n) is 15.1. The van der Waals surface area contributed by atoms with Gasteiger partial charge in [-0.2, -0.15) is 0 Å². The second-order valence-corrected chi connectivity index (χ2v) is 9.52. The van der Waals surface area contributed by atoms with Gasteiger partial charge in [0.2, 0.25) is 3.79 Å². The van der Waals surface area contributed by atoms with Gasteiger partial charge in [0.05, 0.1) is 17.1 Å². The van der Waals surface area contributed by atoms with Crippen molar-refractivity contribution in [2.75, 3.05) is 13.2 Å². The van der Waals surface area contributed by atoms with E-state index in [0.29, 0.717) is 10.6 Å². The number of esters is 1. The molecule has 0 aromatic heterocycles. The summed E-state index contributed by atoms with van der Waals surface area (Å²) in [6, 6.07) is 13.3. The summed E-state index contributed by atoms with van der Waals surface area (Å²) in [4.78, 5) is 24.7. The Labute approximate surface area is 193 Å². The predicted octanol–water partition coefficient (Wildman–Crippen LogP) is 6.16. The molecular formula is C19H16Cl5NO4. The van der Waals surface area contributed by atoms with E-state index < -0.39 is 28.1 Å². The maximum atomic E-state index is 12.7. The van der Waals surface area contributed by atoms with Crippen LogP contribution in [0.3, 0.4) is 0 Å². The number of alkyl carbamates (subject to hydrolysis) is 1. The Balaban J connectivity index is 2.18. The molecule has 0 bridgehead atoms. The molecule has 1 amide bonds. The third kappa shape index (κ3) is 7.43. The highest BCUT2D eigenvalue weighted by Crippen LogP contribution is 2.29. The van der Waals surface area contributed by atoms with E-state index in [9.17, 15) is 9.59 Å². The first-order chi connectivity index (χ1) is 13.5. The Kier molecular flexibility index (Phi) is 8.32. The van der Waals surface area contributed by atoms with Gasteiger partial charge < -0.3 is 14.8 Å². The third-order valence-electron chi connectivity index (χ3n) is 3.79. The van der Waals surface area contributed by atoms with E-state index in [1.165, 1.54) is 18.2 Å². The molecule has 0 heterocycles. The second-order valence-electron chi connectivity index (χ2n) is 6.16. The average Bonchev–Trinajstić information content (AvgIpc) is 2.64. The number of hydrogen-bond acceptors (Lipinski definition) is 4. The van der Waals surface area contributed by atoms with Crippen molar-refractivity contribution in [3.05, 3.63) is 69.7 Å². The van der Waals surface area contributed by atoms with E-state index in [1.54, 1.807) is 31.2 Å². The zero-order chi connectivity index (χ0) is 21.7. The van der Waals surface area contributed by atoms with Gasteiger partial charge >= 0.3 is 12.1 Å². The molecular weight excluding hydrogens is 483 g/mol. The molecule has 0 saturated heterocycles.